The number of nitriles is 1. The van der Waals surface area contributed by atoms with E-state index in [2.05, 4.69) is 51.7 Å². The second-order valence-corrected chi connectivity index (χ2v) is 13.3. The standard InChI is InChI=1S/C40H39N7O4/c1-23(22-48)43-18-26-14-30(17-41)37-35(16-26)46-39(51-37)33-8-4-6-31(24(33)2)32-7-5-9-34(25(32)3)45-38-36-28(10-12-42-38)15-27(19-44-36)20-47-13-11-29(21-47)40(49)50/h4-10,12,14-16,19,23,29,43,48H,11,13,18,20-22H2,1-3H3,(H,42,45)(H,49,50)/t23-,29+/m0/s1. The summed E-state index contributed by atoms with van der Waals surface area (Å²) in [4.78, 5) is 27.8. The number of hydrogen-bond acceptors (Lipinski definition) is 10. The normalized spacial score (nSPS) is 15.3. The topological polar surface area (TPSA) is 160 Å². The van der Waals surface area contributed by atoms with Gasteiger partial charge in [0, 0.05) is 54.7 Å². The first-order valence-electron chi connectivity index (χ1n) is 17.1. The molecule has 0 radical (unpaired) electrons. The number of fused-ring (bicyclic) bond motifs is 2. The predicted molar refractivity (Wildman–Crippen MR) is 196 cm³/mol. The molecule has 3 aromatic heterocycles. The highest BCUT2D eigenvalue weighted by Crippen LogP contribution is 2.37. The maximum Gasteiger partial charge on any atom is 0.307 e. The molecule has 7 rings (SSSR count). The number of carbonyl (C=O) groups is 1. The number of nitrogens with one attached hydrogen (secondary N) is 2. The van der Waals surface area contributed by atoms with Crippen molar-refractivity contribution in [3.05, 3.63) is 101 Å². The van der Waals surface area contributed by atoms with Crippen LogP contribution in [0.3, 0.4) is 0 Å². The van der Waals surface area contributed by atoms with Crippen LogP contribution in [0.4, 0.5) is 11.5 Å². The largest absolute Gasteiger partial charge is 0.481 e. The number of likely N-dealkylation sites (tertiary alicyclic amines) is 1. The summed E-state index contributed by atoms with van der Waals surface area (Å²) in [5.74, 6) is 0.0489. The Kier molecular flexibility index (Phi) is 9.47. The molecular weight excluding hydrogens is 642 g/mol. The van der Waals surface area contributed by atoms with Crippen molar-refractivity contribution in [2.75, 3.05) is 25.0 Å². The molecule has 0 spiro atoms. The van der Waals surface area contributed by atoms with E-state index in [4.69, 9.17) is 14.4 Å². The fourth-order valence-electron chi connectivity index (χ4n) is 6.82. The molecule has 0 unspecified atom stereocenters. The van der Waals surface area contributed by atoms with E-state index in [9.17, 15) is 20.3 Å². The van der Waals surface area contributed by atoms with Crippen LogP contribution in [-0.2, 0) is 17.9 Å². The third kappa shape index (κ3) is 6.90. The minimum atomic E-state index is -0.732. The lowest BCUT2D eigenvalue weighted by Gasteiger charge is -2.17. The molecule has 1 aliphatic heterocycles. The molecule has 51 heavy (non-hydrogen) atoms. The highest BCUT2D eigenvalue weighted by atomic mass is 16.4. The number of benzene rings is 3. The van der Waals surface area contributed by atoms with Crippen LogP contribution in [0.15, 0.2) is 77.5 Å². The molecule has 6 aromatic rings. The van der Waals surface area contributed by atoms with Gasteiger partial charge in [0.2, 0.25) is 5.89 Å². The number of aliphatic hydroxyl groups is 1. The van der Waals surface area contributed by atoms with E-state index in [-0.39, 0.29) is 18.6 Å². The lowest BCUT2D eigenvalue weighted by Crippen LogP contribution is -2.28. The van der Waals surface area contributed by atoms with Crippen molar-refractivity contribution >= 4 is 39.5 Å². The van der Waals surface area contributed by atoms with Crippen LogP contribution in [-0.4, -0.2) is 61.8 Å². The first-order valence-corrected chi connectivity index (χ1v) is 17.1. The third-order valence-corrected chi connectivity index (χ3v) is 9.72. The molecule has 11 nitrogen and oxygen atoms in total. The van der Waals surface area contributed by atoms with Crippen LogP contribution in [0.1, 0.15) is 41.2 Å². The van der Waals surface area contributed by atoms with E-state index in [1.165, 1.54) is 0 Å². The molecule has 1 aliphatic rings. The summed E-state index contributed by atoms with van der Waals surface area (Å²) in [6.07, 6.45) is 4.29. The van der Waals surface area contributed by atoms with Gasteiger partial charge in [0.1, 0.15) is 17.1 Å². The van der Waals surface area contributed by atoms with Crippen molar-refractivity contribution in [1.29, 1.82) is 5.26 Å². The molecule has 3 aromatic carbocycles. The number of aromatic nitrogens is 3. The molecule has 1 fully saturated rings. The van der Waals surface area contributed by atoms with Gasteiger partial charge in [0.15, 0.2) is 11.4 Å². The van der Waals surface area contributed by atoms with Crippen LogP contribution in [0, 0.1) is 31.1 Å². The summed E-state index contributed by atoms with van der Waals surface area (Å²) in [7, 11) is 0. The van der Waals surface area contributed by atoms with E-state index in [0.717, 1.165) is 62.1 Å². The Labute approximate surface area is 295 Å². The summed E-state index contributed by atoms with van der Waals surface area (Å²) in [5, 5.41) is 36.4. The van der Waals surface area contributed by atoms with Gasteiger partial charge >= 0.3 is 5.97 Å². The number of rotatable bonds is 11. The molecule has 258 valence electrons. The number of anilines is 2. The molecule has 2 atom stereocenters. The number of oxazole rings is 1. The molecule has 4 N–H and O–H groups in total. The van der Waals surface area contributed by atoms with Crippen LogP contribution in [0.5, 0.6) is 0 Å². The Bertz CT molecular complexity index is 2310. The lowest BCUT2D eigenvalue weighted by atomic mass is 9.93. The Balaban J connectivity index is 1.16. The monoisotopic (exact) mass is 681 g/mol. The van der Waals surface area contributed by atoms with E-state index in [0.29, 0.717) is 54.4 Å². The first kappa shape index (κ1) is 33.8. The van der Waals surface area contributed by atoms with Gasteiger partial charge in [-0.25, -0.2) is 9.97 Å². The fraction of sp³-hybridized carbons (Fsp3) is 0.275. The van der Waals surface area contributed by atoms with E-state index in [1.54, 1.807) is 12.3 Å². The average Bonchev–Trinajstić information content (AvgIpc) is 3.79. The molecule has 1 saturated heterocycles. The van der Waals surface area contributed by atoms with Gasteiger partial charge < -0.3 is 25.3 Å². The van der Waals surface area contributed by atoms with E-state index >= 15 is 0 Å². The average molecular weight is 682 g/mol. The molecule has 4 heterocycles. The maximum atomic E-state index is 11.4. The number of aliphatic carboxylic acids is 1. The van der Waals surface area contributed by atoms with Gasteiger partial charge in [-0.15, -0.1) is 0 Å². The molecule has 0 amide bonds. The molecule has 0 saturated carbocycles. The fourth-order valence-corrected chi connectivity index (χ4v) is 6.82. The summed E-state index contributed by atoms with van der Waals surface area (Å²) >= 11 is 0. The van der Waals surface area contributed by atoms with Gasteiger partial charge in [0.25, 0.3) is 0 Å². The Hall–Kier alpha value is -5.67. The Morgan fingerprint density at radius 2 is 1.84 bits per heavy atom. The smallest absolute Gasteiger partial charge is 0.307 e. The van der Waals surface area contributed by atoms with E-state index < -0.39 is 5.97 Å². The predicted octanol–water partition coefficient (Wildman–Crippen LogP) is 6.71. The second-order valence-electron chi connectivity index (χ2n) is 13.3. The maximum absolute atomic E-state index is 11.4. The van der Waals surface area contributed by atoms with Gasteiger partial charge in [-0.2, -0.15) is 5.26 Å². The number of hydrogen-bond donors (Lipinski definition) is 4. The van der Waals surface area contributed by atoms with Crippen molar-refractivity contribution in [1.82, 2.24) is 25.2 Å². The van der Waals surface area contributed by atoms with Gasteiger partial charge in [-0.1, -0.05) is 24.3 Å². The summed E-state index contributed by atoms with van der Waals surface area (Å²) < 4.78 is 6.24. The summed E-state index contributed by atoms with van der Waals surface area (Å²) in [6, 6.07) is 22.1. The first-order chi connectivity index (χ1) is 24.7. The van der Waals surface area contributed by atoms with E-state index in [1.807, 2.05) is 56.4 Å². The van der Waals surface area contributed by atoms with Crippen molar-refractivity contribution in [2.45, 2.75) is 46.3 Å². The van der Waals surface area contributed by atoms with Crippen molar-refractivity contribution in [3.63, 3.8) is 0 Å². The van der Waals surface area contributed by atoms with Crippen molar-refractivity contribution < 1.29 is 19.4 Å². The minimum absolute atomic E-state index is 0.0206. The van der Waals surface area contributed by atoms with Crippen molar-refractivity contribution in [2.24, 2.45) is 5.92 Å². The van der Waals surface area contributed by atoms with Gasteiger partial charge in [0.05, 0.1) is 18.1 Å². The highest BCUT2D eigenvalue weighted by molar-refractivity contribution is 5.91. The third-order valence-electron chi connectivity index (χ3n) is 9.72. The Morgan fingerprint density at radius 3 is 2.61 bits per heavy atom. The zero-order valence-corrected chi connectivity index (χ0v) is 28.8. The van der Waals surface area contributed by atoms with Crippen LogP contribution in [0.2, 0.25) is 0 Å². The number of pyridine rings is 2. The van der Waals surface area contributed by atoms with Crippen LogP contribution < -0.4 is 10.6 Å². The zero-order valence-electron chi connectivity index (χ0n) is 28.8. The summed E-state index contributed by atoms with van der Waals surface area (Å²) in [6.45, 7) is 8.50. The van der Waals surface area contributed by atoms with Crippen LogP contribution in [0.25, 0.3) is 44.6 Å². The quantitative estimate of drug-likeness (QED) is 0.115. The molecule has 0 bridgehead atoms. The second kappa shape index (κ2) is 14.3. The van der Waals surface area contributed by atoms with Crippen molar-refractivity contribution in [3.8, 4) is 28.7 Å². The summed E-state index contributed by atoms with van der Waals surface area (Å²) in [5.41, 5.74) is 9.98. The number of carboxylic acid groups (broad SMARTS) is 1. The SMILES string of the molecule is Cc1c(Nc2nccc3cc(CN4CC[C@@H](C(=O)O)C4)cnc23)cccc1-c1cccc(-c2nc3cc(CN[C@@H](C)CO)cc(C#N)c3o2)c1C. The molecular formula is C40H39N7O4. The minimum Gasteiger partial charge on any atom is -0.481 e. The molecule has 11 heteroatoms. The lowest BCUT2D eigenvalue weighted by molar-refractivity contribution is -0.141. The number of nitrogens with zero attached hydrogens (tertiary/aromatic N) is 5. The number of carboxylic acids is 1. The van der Waals surface area contributed by atoms with Gasteiger partial charge in [-0.3, -0.25) is 14.7 Å². The zero-order chi connectivity index (χ0) is 35.6. The Morgan fingerprint density at radius 1 is 1.06 bits per heavy atom. The van der Waals surface area contributed by atoms with Gasteiger partial charge in [-0.05, 0) is 104 Å². The highest BCUT2D eigenvalue weighted by Gasteiger charge is 2.28. The van der Waals surface area contributed by atoms with Crippen LogP contribution >= 0.6 is 0 Å². The number of aliphatic hydroxyl groups excluding tert-OH is 1. The molecule has 0 aliphatic carbocycles.